The zero-order valence-electron chi connectivity index (χ0n) is 17.2. The van der Waals surface area contributed by atoms with Gasteiger partial charge >= 0.3 is 0 Å². The summed E-state index contributed by atoms with van der Waals surface area (Å²) in [5, 5.41) is 9.70. The van der Waals surface area contributed by atoms with Gasteiger partial charge in [-0.2, -0.15) is 0 Å². The highest BCUT2D eigenvalue weighted by molar-refractivity contribution is 7.89. The SMILES string of the molecule is Cc1cc(C(=O)N2CCC[C@H](COc3cccc4c3C(N)=NS(=O)(=O)C4)C2)ccc1O. The van der Waals surface area contributed by atoms with Gasteiger partial charge in [0.15, 0.2) is 0 Å². The van der Waals surface area contributed by atoms with Crippen molar-refractivity contribution in [3.8, 4) is 11.5 Å². The van der Waals surface area contributed by atoms with Gasteiger partial charge in [0.1, 0.15) is 17.3 Å². The van der Waals surface area contributed by atoms with E-state index in [4.69, 9.17) is 10.5 Å². The summed E-state index contributed by atoms with van der Waals surface area (Å²) in [5.74, 6) is 0.496. The van der Waals surface area contributed by atoms with Crippen LogP contribution < -0.4 is 10.5 Å². The molecule has 2 aliphatic rings. The molecule has 4 rings (SSSR count). The number of carbonyl (C=O) groups is 1. The number of sulfonamides is 1. The molecule has 0 unspecified atom stereocenters. The summed E-state index contributed by atoms with van der Waals surface area (Å²) in [6, 6.07) is 10.1. The molecule has 2 aromatic carbocycles. The molecular weight excluding hydrogens is 418 g/mol. The van der Waals surface area contributed by atoms with E-state index in [0.29, 0.717) is 47.7 Å². The molecule has 0 saturated carbocycles. The van der Waals surface area contributed by atoms with Gasteiger partial charge in [-0.15, -0.1) is 4.40 Å². The fourth-order valence-electron chi connectivity index (χ4n) is 4.10. The van der Waals surface area contributed by atoms with E-state index in [9.17, 15) is 18.3 Å². The summed E-state index contributed by atoms with van der Waals surface area (Å²) in [5.41, 5.74) is 8.23. The van der Waals surface area contributed by atoms with Crippen LogP contribution in [0.3, 0.4) is 0 Å². The number of hydrogen-bond donors (Lipinski definition) is 2. The molecule has 0 radical (unpaired) electrons. The topological polar surface area (TPSA) is 122 Å². The van der Waals surface area contributed by atoms with Gasteiger partial charge in [-0.25, -0.2) is 8.42 Å². The Balaban J connectivity index is 1.44. The Bertz CT molecular complexity index is 1160. The highest BCUT2D eigenvalue weighted by Gasteiger charge is 2.28. The van der Waals surface area contributed by atoms with Gasteiger partial charge < -0.3 is 20.5 Å². The number of ether oxygens (including phenoxy) is 1. The molecule has 1 saturated heterocycles. The maximum absolute atomic E-state index is 12.9. The number of nitrogens with zero attached hydrogens (tertiary/aromatic N) is 2. The van der Waals surface area contributed by atoms with E-state index in [1.807, 2.05) is 4.90 Å². The smallest absolute Gasteiger partial charge is 0.259 e. The van der Waals surface area contributed by atoms with Crippen LogP contribution in [0.4, 0.5) is 0 Å². The van der Waals surface area contributed by atoms with Crippen molar-refractivity contribution in [2.75, 3.05) is 19.7 Å². The lowest BCUT2D eigenvalue weighted by molar-refractivity contribution is 0.0633. The zero-order valence-corrected chi connectivity index (χ0v) is 18.1. The largest absolute Gasteiger partial charge is 0.508 e. The summed E-state index contributed by atoms with van der Waals surface area (Å²) in [6.07, 6.45) is 1.79. The van der Waals surface area contributed by atoms with Crippen LogP contribution in [-0.2, 0) is 15.8 Å². The molecule has 0 aliphatic carbocycles. The molecule has 9 heteroatoms. The van der Waals surface area contributed by atoms with E-state index in [-0.39, 0.29) is 29.2 Å². The molecule has 1 fully saturated rings. The average Bonchev–Trinajstić information content (AvgIpc) is 2.72. The van der Waals surface area contributed by atoms with Gasteiger partial charge in [0.05, 0.1) is 17.9 Å². The van der Waals surface area contributed by atoms with E-state index < -0.39 is 10.0 Å². The van der Waals surface area contributed by atoms with Crippen molar-refractivity contribution in [2.24, 2.45) is 16.0 Å². The summed E-state index contributed by atoms with van der Waals surface area (Å²) < 4.78 is 33.3. The second-order valence-electron chi connectivity index (χ2n) is 8.06. The van der Waals surface area contributed by atoms with Crippen LogP contribution in [-0.4, -0.2) is 49.9 Å². The van der Waals surface area contributed by atoms with Crippen molar-refractivity contribution in [1.82, 2.24) is 4.90 Å². The Hall–Kier alpha value is -3.07. The number of fused-ring (bicyclic) bond motifs is 1. The maximum Gasteiger partial charge on any atom is 0.259 e. The van der Waals surface area contributed by atoms with Crippen LogP contribution in [0.15, 0.2) is 40.8 Å². The van der Waals surface area contributed by atoms with E-state index in [1.165, 1.54) is 6.07 Å². The fourth-order valence-corrected chi connectivity index (χ4v) is 5.19. The molecule has 3 N–H and O–H groups in total. The number of phenols is 1. The minimum Gasteiger partial charge on any atom is -0.508 e. The number of likely N-dealkylation sites (tertiary alicyclic amines) is 1. The molecule has 0 spiro atoms. The first kappa shape index (κ1) is 21.2. The van der Waals surface area contributed by atoms with Gasteiger partial charge in [0.2, 0.25) is 0 Å². The Morgan fingerprint density at radius 1 is 1.32 bits per heavy atom. The first-order valence-electron chi connectivity index (χ1n) is 10.2. The number of nitrogens with two attached hydrogens (primary N) is 1. The van der Waals surface area contributed by atoms with Crippen LogP contribution in [0.5, 0.6) is 11.5 Å². The molecular formula is C22H25N3O5S. The van der Waals surface area contributed by atoms with E-state index >= 15 is 0 Å². The fraction of sp³-hybridized carbons (Fsp3) is 0.364. The minimum atomic E-state index is -3.60. The number of piperidine rings is 1. The lowest BCUT2D eigenvalue weighted by Crippen LogP contribution is -2.41. The van der Waals surface area contributed by atoms with Gasteiger partial charge in [0, 0.05) is 24.6 Å². The van der Waals surface area contributed by atoms with Crippen LogP contribution in [0.25, 0.3) is 0 Å². The normalized spacial score (nSPS) is 20.0. The highest BCUT2D eigenvalue weighted by atomic mass is 32.2. The third-order valence-corrected chi connectivity index (χ3v) is 6.82. The second kappa shape index (κ2) is 8.22. The van der Waals surface area contributed by atoms with Crippen LogP contribution in [0.1, 0.15) is 39.9 Å². The number of carbonyl (C=O) groups excluding carboxylic acids is 1. The van der Waals surface area contributed by atoms with Crippen molar-refractivity contribution >= 4 is 21.8 Å². The minimum absolute atomic E-state index is 0.0556. The lowest BCUT2D eigenvalue weighted by atomic mass is 9.97. The molecule has 8 nitrogen and oxygen atoms in total. The summed E-state index contributed by atoms with van der Waals surface area (Å²) in [7, 11) is -3.60. The zero-order chi connectivity index (χ0) is 22.2. The molecule has 0 aromatic heterocycles. The Morgan fingerprint density at radius 3 is 2.90 bits per heavy atom. The number of hydrogen-bond acceptors (Lipinski definition) is 6. The molecule has 1 atom stereocenters. The van der Waals surface area contributed by atoms with Gasteiger partial charge in [0.25, 0.3) is 15.9 Å². The van der Waals surface area contributed by atoms with Crippen molar-refractivity contribution in [3.63, 3.8) is 0 Å². The third kappa shape index (κ3) is 4.51. The van der Waals surface area contributed by atoms with Crippen molar-refractivity contribution in [2.45, 2.75) is 25.5 Å². The van der Waals surface area contributed by atoms with E-state index in [0.717, 1.165) is 12.8 Å². The Morgan fingerprint density at radius 2 is 2.13 bits per heavy atom. The number of aromatic hydroxyl groups is 1. The lowest BCUT2D eigenvalue weighted by Gasteiger charge is -2.33. The molecule has 2 aliphatic heterocycles. The van der Waals surface area contributed by atoms with Crippen LogP contribution in [0.2, 0.25) is 0 Å². The molecule has 2 heterocycles. The predicted octanol–water partition coefficient (Wildman–Crippen LogP) is 2.18. The van der Waals surface area contributed by atoms with Crippen molar-refractivity contribution in [1.29, 1.82) is 0 Å². The summed E-state index contributed by atoms with van der Waals surface area (Å²) in [4.78, 5) is 14.7. The van der Waals surface area contributed by atoms with Crippen LogP contribution >= 0.6 is 0 Å². The number of rotatable bonds is 4. The second-order valence-corrected chi connectivity index (χ2v) is 9.70. The van der Waals surface area contributed by atoms with E-state index in [1.54, 1.807) is 37.3 Å². The monoisotopic (exact) mass is 443 g/mol. The number of aryl methyl sites for hydroxylation is 1. The summed E-state index contributed by atoms with van der Waals surface area (Å²) in [6.45, 7) is 3.38. The molecule has 164 valence electrons. The molecule has 2 aromatic rings. The number of amides is 1. The first-order chi connectivity index (χ1) is 14.7. The van der Waals surface area contributed by atoms with Crippen LogP contribution in [0, 0.1) is 12.8 Å². The van der Waals surface area contributed by atoms with Crippen molar-refractivity contribution in [3.05, 3.63) is 58.7 Å². The third-order valence-electron chi connectivity index (χ3n) is 5.67. The quantitative estimate of drug-likeness (QED) is 0.747. The molecule has 1 amide bonds. The number of benzene rings is 2. The predicted molar refractivity (Wildman–Crippen MR) is 117 cm³/mol. The molecule has 0 bridgehead atoms. The van der Waals surface area contributed by atoms with E-state index in [2.05, 4.69) is 4.40 Å². The molecule has 31 heavy (non-hydrogen) atoms. The Labute approximate surface area is 181 Å². The Kier molecular flexibility index (Phi) is 5.62. The van der Waals surface area contributed by atoms with Gasteiger partial charge in [-0.05, 0) is 55.2 Å². The average molecular weight is 444 g/mol. The first-order valence-corrected chi connectivity index (χ1v) is 11.8. The number of phenolic OH excluding ortho intramolecular Hbond substituents is 1. The van der Waals surface area contributed by atoms with Gasteiger partial charge in [-0.1, -0.05) is 12.1 Å². The van der Waals surface area contributed by atoms with Gasteiger partial charge in [-0.3, -0.25) is 4.79 Å². The summed E-state index contributed by atoms with van der Waals surface area (Å²) >= 11 is 0. The maximum atomic E-state index is 12.9. The van der Waals surface area contributed by atoms with Crippen molar-refractivity contribution < 1.29 is 23.1 Å². The highest BCUT2D eigenvalue weighted by Crippen LogP contribution is 2.29. The number of amidine groups is 1. The standard InChI is InChI=1S/C22H25N3O5S/c1-14-10-16(7-8-18(14)26)22(27)25-9-3-4-15(11-25)12-30-19-6-2-5-17-13-31(28,29)24-21(23)20(17)19/h2,5-8,10,15,26H,3-4,9,11-13H2,1H3,(H2,23,24)/t15-/m0/s1.